The van der Waals surface area contributed by atoms with E-state index in [2.05, 4.69) is 12.6 Å². The van der Waals surface area contributed by atoms with Crippen LogP contribution in [-0.4, -0.2) is 0 Å². The molecule has 2 heteroatoms. The third-order valence-corrected chi connectivity index (χ3v) is 1.85. The van der Waals surface area contributed by atoms with Crippen molar-refractivity contribution in [2.45, 2.75) is 18.6 Å². The highest BCUT2D eigenvalue weighted by atomic mass is 32.1. The molecule has 0 saturated carbocycles. The molecule has 0 spiro atoms. The number of rotatable bonds is 1. The highest BCUT2D eigenvalue weighted by molar-refractivity contribution is 7.81. The Morgan fingerprint density at radius 3 is 2.36 bits per heavy atom. The Bertz CT molecular complexity index is 250. The van der Waals surface area contributed by atoms with Crippen LogP contribution in [0.1, 0.15) is 19.4 Å². The smallest absolute Gasteiger partial charge is 0.0322 e. The van der Waals surface area contributed by atoms with E-state index in [1.54, 1.807) is 0 Å². The number of nitrogens with two attached hydrogens (primary N) is 1. The molecule has 1 aromatic rings. The van der Waals surface area contributed by atoms with Gasteiger partial charge in [0.15, 0.2) is 0 Å². The Balaban J connectivity index is 3.06. The maximum absolute atomic E-state index is 5.62. The summed E-state index contributed by atoms with van der Waals surface area (Å²) in [5.74, 6) is 0. The molecule has 11 heavy (non-hydrogen) atoms. The summed E-state index contributed by atoms with van der Waals surface area (Å²) in [5.41, 5.74) is 7.57. The minimum absolute atomic E-state index is 0.102. The number of thiol groups is 1. The first-order valence-corrected chi connectivity index (χ1v) is 4.03. The number of hydrogen-bond donors (Lipinski definition) is 2. The maximum Gasteiger partial charge on any atom is 0.0322 e. The summed E-state index contributed by atoms with van der Waals surface area (Å²) < 4.78 is -0.102. The molecule has 0 aliphatic heterocycles. The molecule has 0 heterocycles. The average molecular weight is 167 g/mol. The Morgan fingerprint density at radius 1 is 1.36 bits per heavy atom. The molecule has 1 aromatic carbocycles. The minimum Gasteiger partial charge on any atom is -0.399 e. The second-order valence-corrected chi connectivity index (χ2v) is 4.30. The molecule has 0 unspecified atom stereocenters. The van der Waals surface area contributed by atoms with E-state index < -0.39 is 0 Å². The molecule has 0 bridgehead atoms. The molecule has 0 atom stereocenters. The van der Waals surface area contributed by atoms with Gasteiger partial charge < -0.3 is 5.73 Å². The molecular weight excluding hydrogens is 154 g/mol. The topological polar surface area (TPSA) is 26.0 Å². The number of nitrogen functional groups attached to an aromatic ring is 1. The molecule has 1 nitrogen and oxygen atoms in total. The molecule has 0 aliphatic carbocycles. The summed E-state index contributed by atoms with van der Waals surface area (Å²) in [6, 6.07) is 7.81. The van der Waals surface area contributed by atoms with Gasteiger partial charge in [0.2, 0.25) is 0 Å². The highest BCUT2D eigenvalue weighted by Crippen LogP contribution is 2.27. The van der Waals surface area contributed by atoms with Crippen molar-refractivity contribution in [2.75, 3.05) is 5.73 Å². The van der Waals surface area contributed by atoms with Crippen molar-refractivity contribution in [1.82, 2.24) is 0 Å². The van der Waals surface area contributed by atoms with E-state index >= 15 is 0 Å². The first-order valence-electron chi connectivity index (χ1n) is 3.58. The quantitative estimate of drug-likeness (QED) is 0.487. The van der Waals surface area contributed by atoms with Crippen LogP contribution in [0.2, 0.25) is 0 Å². The Labute approximate surface area is 73.0 Å². The molecule has 1 rings (SSSR count). The van der Waals surface area contributed by atoms with Crippen LogP contribution in [0.4, 0.5) is 5.69 Å². The van der Waals surface area contributed by atoms with Gasteiger partial charge in [0.05, 0.1) is 0 Å². The van der Waals surface area contributed by atoms with Crippen molar-refractivity contribution in [2.24, 2.45) is 0 Å². The third kappa shape index (κ3) is 2.15. The van der Waals surface area contributed by atoms with Crippen molar-refractivity contribution in [1.29, 1.82) is 0 Å². The van der Waals surface area contributed by atoms with Crippen LogP contribution in [0.25, 0.3) is 0 Å². The van der Waals surface area contributed by atoms with Crippen molar-refractivity contribution >= 4 is 18.3 Å². The summed E-state index contributed by atoms with van der Waals surface area (Å²) in [6.07, 6.45) is 0. The standard InChI is InChI=1S/C9H13NS/c1-9(2,11)7-4-3-5-8(10)6-7/h3-6,11H,10H2,1-2H3. The van der Waals surface area contributed by atoms with Crippen LogP contribution in [0, 0.1) is 0 Å². The number of anilines is 1. The van der Waals surface area contributed by atoms with Gasteiger partial charge in [-0.15, -0.1) is 0 Å². The largest absolute Gasteiger partial charge is 0.399 e. The Morgan fingerprint density at radius 2 is 2.00 bits per heavy atom. The summed E-state index contributed by atoms with van der Waals surface area (Å²) >= 11 is 4.44. The fourth-order valence-electron chi connectivity index (χ4n) is 0.919. The SMILES string of the molecule is CC(C)(S)c1cccc(N)c1. The lowest BCUT2D eigenvalue weighted by Gasteiger charge is -2.17. The average Bonchev–Trinajstić information content (AvgIpc) is 1.86. The first kappa shape index (κ1) is 8.47. The van der Waals surface area contributed by atoms with Crippen LogP contribution in [0.3, 0.4) is 0 Å². The molecule has 0 radical (unpaired) electrons. The van der Waals surface area contributed by atoms with Crippen LogP contribution < -0.4 is 5.73 Å². The predicted molar refractivity (Wildman–Crippen MR) is 52.9 cm³/mol. The van der Waals surface area contributed by atoms with E-state index in [1.165, 1.54) is 0 Å². The molecule has 0 amide bonds. The summed E-state index contributed by atoms with van der Waals surface area (Å²) in [7, 11) is 0. The van der Waals surface area contributed by atoms with Gasteiger partial charge in [-0.2, -0.15) is 12.6 Å². The molecule has 0 aromatic heterocycles. The molecule has 0 fully saturated rings. The van der Waals surface area contributed by atoms with Crippen molar-refractivity contribution in [3.8, 4) is 0 Å². The van der Waals surface area contributed by atoms with Crippen molar-refractivity contribution < 1.29 is 0 Å². The zero-order chi connectivity index (χ0) is 8.48. The maximum atomic E-state index is 5.62. The second kappa shape index (κ2) is 2.78. The molecule has 0 saturated heterocycles. The Kier molecular flexibility index (Phi) is 2.14. The predicted octanol–water partition coefficient (Wildman–Crippen LogP) is 2.43. The lowest BCUT2D eigenvalue weighted by molar-refractivity contribution is 0.792. The van der Waals surface area contributed by atoms with Gasteiger partial charge in [-0.25, -0.2) is 0 Å². The van der Waals surface area contributed by atoms with Gasteiger partial charge in [-0.3, -0.25) is 0 Å². The van der Waals surface area contributed by atoms with Gasteiger partial charge in [0.25, 0.3) is 0 Å². The van der Waals surface area contributed by atoms with Gasteiger partial charge in [-0.05, 0) is 31.5 Å². The number of hydrogen-bond acceptors (Lipinski definition) is 2. The van der Waals surface area contributed by atoms with E-state index in [4.69, 9.17) is 5.73 Å². The van der Waals surface area contributed by atoms with Gasteiger partial charge in [-0.1, -0.05) is 12.1 Å². The van der Waals surface area contributed by atoms with Crippen LogP contribution in [0.5, 0.6) is 0 Å². The van der Waals surface area contributed by atoms with Crippen molar-refractivity contribution in [3.05, 3.63) is 29.8 Å². The van der Waals surface area contributed by atoms with E-state index in [1.807, 2.05) is 38.1 Å². The minimum atomic E-state index is -0.102. The van der Waals surface area contributed by atoms with Gasteiger partial charge in [0, 0.05) is 10.4 Å². The fraction of sp³-hybridized carbons (Fsp3) is 0.333. The summed E-state index contributed by atoms with van der Waals surface area (Å²) in [6.45, 7) is 4.09. The van der Waals surface area contributed by atoms with E-state index in [-0.39, 0.29) is 4.75 Å². The zero-order valence-corrected chi connectivity index (χ0v) is 7.73. The lowest BCUT2D eigenvalue weighted by atomic mass is 10.0. The zero-order valence-electron chi connectivity index (χ0n) is 6.83. The molecule has 2 N–H and O–H groups in total. The van der Waals surface area contributed by atoms with E-state index in [9.17, 15) is 0 Å². The van der Waals surface area contributed by atoms with E-state index in [0.29, 0.717) is 0 Å². The van der Waals surface area contributed by atoms with Gasteiger partial charge >= 0.3 is 0 Å². The number of benzene rings is 1. The normalized spacial score (nSPS) is 11.5. The van der Waals surface area contributed by atoms with E-state index in [0.717, 1.165) is 11.3 Å². The van der Waals surface area contributed by atoms with Crippen LogP contribution in [-0.2, 0) is 4.75 Å². The lowest BCUT2D eigenvalue weighted by Crippen LogP contribution is -2.07. The molecule has 0 aliphatic rings. The Hall–Kier alpha value is -0.630. The van der Waals surface area contributed by atoms with Crippen LogP contribution >= 0.6 is 12.6 Å². The monoisotopic (exact) mass is 167 g/mol. The second-order valence-electron chi connectivity index (χ2n) is 3.18. The summed E-state index contributed by atoms with van der Waals surface area (Å²) in [4.78, 5) is 0. The molecule has 60 valence electrons. The fourth-order valence-corrected chi connectivity index (χ4v) is 1.06. The van der Waals surface area contributed by atoms with Crippen LogP contribution in [0.15, 0.2) is 24.3 Å². The van der Waals surface area contributed by atoms with Crippen molar-refractivity contribution in [3.63, 3.8) is 0 Å². The third-order valence-electron chi connectivity index (χ3n) is 1.59. The first-order chi connectivity index (χ1) is 5.00. The summed E-state index contributed by atoms with van der Waals surface area (Å²) in [5, 5.41) is 0. The highest BCUT2D eigenvalue weighted by Gasteiger charge is 2.13. The molecular formula is C9H13NS. The van der Waals surface area contributed by atoms with Gasteiger partial charge in [0.1, 0.15) is 0 Å².